The summed E-state index contributed by atoms with van der Waals surface area (Å²) in [6.07, 6.45) is 8.23. The fourth-order valence-corrected chi connectivity index (χ4v) is 2.08. The van der Waals surface area contributed by atoms with Crippen LogP contribution in [0.3, 0.4) is 0 Å². The molecule has 0 aromatic heterocycles. The average Bonchev–Trinajstić information content (AvgIpc) is 2.49. The molecule has 0 rings (SSSR count). The molecule has 5 nitrogen and oxygen atoms in total. The molecule has 0 fully saturated rings. The molecule has 0 bridgehead atoms. The van der Waals surface area contributed by atoms with Crippen LogP contribution < -0.4 is 0 Å². The number of nitriles is 1. The van der Waals surface area contributed by atoms with Crippen molar-refractivity contribution in [3.63, 3.8) is 0 Å². The number of rotatable bonds is 12. The zero-order chi connectivity index (χ0) is 15.9. The Bertz CT molecular complexity index is 336. The van der Waals surface area contributed by atoms with Crippen LogP contribution in [-0.2, 0) is 19.1 Å². The number of methoxy groups -OCH3 is 1. The van der Waals surface area contributed by atoms with Crippen LogP contribution in [0, 0.1) is 17.2 Å². The topological polar surface area (TPSA) is 76.4 Å². The molecule has 0 aromatic rings. The Hall–Kier alpha value is -1.57. The van der Waals surface area contributed by atoms with Gasteiger partial charge in [0.2, 0.25) is 0 Å². The van der Waals surface area contributed by atoms with Crippen LogP contribution in [-0.4, -0.2) is 25.7 Å². The van der Waals surface area contributed by atoms with E-state index < -0.39 is 11.9 Å². The van der Waals surface area contributed by atoms with Gasteiger partial charge in [0.1, 0.15) is 5.92 Å². The number of ether oxygens (including phenoxy) is 2. The molecular formula is C16H27NO4. The highest BCUT2D eigenvalue weighted by Gasteiger charge is 2.18. The van der Waals surface area contributed by atoms with E-state index >= 15 is 0 Å². The fourth-order valence-electron chi connectivity index (χ4n) is 2.08. The van der Waals surface area contributed by atoms with Gasteiger partial charge in [-0.3, -0.25) is 9.59 Å². The van der Waals surface area contributed by atoms with Gasteiger partial charge in [0.15, 0.2) is 0 Å². The Balaban J connectivity index is 3.45. The summed E-state index contributed by atoms with van der Waals surface area (Å²) >= 11 is 0. The van der Waals surface area contributed by atoms with Crippen LogP contribution in [0.2, 0.25) is 0 Å². The van der Waals surface area contributed by atoms with Crippen molar-refractivity contribution in [2.45, 2.75) is 64.7 Å². The molecule has 0 radical (unpaired) electrons. The molecule has 0 aliphatic heterocycles. The predicted molar refractivity (Wildman–Crippen MR) is 79.3 cm³/mol. The lowest BCUT2D eigenvalue weighted by Crippen LogP contribution is -2.16. The Labute approximate surface area is 127 Å². The molecule has 0 saturated carbocycles. The molecule has 0 N–H and O–H groups in total. The second-order valence-corrected chi connectivity index (χ2v) is 5.02. The molecule has 0 aliphatic rings. The SMILES string of the molecule is CCOC(=O)C(C#N)CCCCCCCCCC(=O)OC. The van der Waals surface area contributed by atoms with Gasteiger partial charge in [-0.15, -0.1) is 0 Å². The van der Waals surface area contributed by atoms with E-state index in [0.29, 0.717) is 19.4 Å². The predicted octanol–water partition coefficient (Wildman–Crippen LogP) is 3.37. The van der Waals surface area contributed by atoms with E-state index in [0.717, 1.165) is 44.9 Å². The Kier molecular flexibility index (Phi) is 12.4. The summed E-state index contributed by atoms with van der Waals surface area (Å²) in [5, 5.41) is 8.90. The Morgan fingerprint density at radius 1 is 1.05 bits per heavy atom. The maximum atomic E-state index is 11.4. The molecule has 0 aliphatic carbocycles. The third-order valence-electron chi connectivity index (χ3n) is 3.33. The van der Waals surface area contributed by atoms with E-state index in [1.54, 1.807) is 6.92 Å². The van der Waals surface area contributed by atoms with Crippen molar-refractivity contribution < 1.29 is 19.1 Å². The minimum absolute atomic E-state index is 0.142. The van der Waals surface area contributed by atoms with Gasteiger partial charge >= 0.3 is 11.9 Å². The third kappa shape index (κ3) is 10.8. The lowest BCUT2D eigenvalue weighted by atomic mass is 10.0. The summed E-state index contributed by atoms with van der Waals surface area (Å²) in [5.41, 5.74) is 0. The molecule has 1 atom stereocenters. The number of nitrogens with zero attached hydrogens (tertiary/aromatic N) is 1. The van der Waals surface area contributed by atoms with E-state index in [1.807, 2.05) is 6.07 Å². The molecular weight excluding hydrogens is 270 g/mol. The van der Waals surface area contributed by atoms with Gasteiger partial charge in [-0.1, -0.05) is 38.5 Å². The molecule has 0 amide bonds. The van der Waals surface area contributed by atoms with Gasteiger partial charge in [0, 0.05) is 6.42 Å². The number of hydrogen-bond acceptors (Lipinski definition) is 5. The first-order valence-corrected chi connectivity index (χ1v) is 7.78. The highest BCUT2D eigenvalue weighted by molar-refractivity contribution is 5.75. The molecule has 120 valence electrons. The summed E-state index contributed by atoms with van der Waals surface area (Å²) in [6, 6.07) is 2.00. The minimum Gasteiger partial charge on any atom is -0.469 e. The lowest BCUT2D eigenvalue weighted by Gasteiger charge is -2.07. The van der Waals surface area contributed by atoms with Gasteiger partial charge in [0.05, 0.1) is 19.8 Å². The molecule has 5 heteroatoms. The Morgan fingerprint density at radius 2 is 1.62 bits per heavy atom. The number of hydrogen-bond donors (Lipinski definition) is 0. The average molecular weight is 297 g/mol. The van der Waals surface area contributed by atoms with Crippen LogP contribution in [0.25, 0.3) is 0 Å². The first-order valence-electron chi connectivity index (χ1n) is 7.78. The van der Waals surface area contributed by atoms with Gasteiger partial charge in [-0.2, -0.15) is 5.26 Å². The summed E-state index contributed by atoms with van der Waals surface area (Å²) in [7, 11) is 1.41. The van der Waals surface area contributed by atoms with E-state index in [4.69, 9.17) is 10.00 Å². The standard InChI is InChI=1S/C16H27NO4/c1-3-21-16(19)14(13-17)11-9-7-5-4-6-8-10-12-15(18)20-2/h14H,3-12H2,1-2H3. The molecule has 0 heterocycles. The van der Waals surface area contributed by atoms with E-state index in [2.05, 4.69) is 4.74 Å². The van der Waals surface area contributed by atoms with Crippen LogP contribution in [0.15, 0.2) is 0 Å². The van der Waals surface area contributed by atoms with Crippen molar-refractivity contribution in [2.24, 2.45) is 5.92 Å². The van der Waals surface area contributed by atoms with Gasteiger partial charge in [0.25, 0.3) is 0 Å². The van der Waals surface area contributed by atoms with Gasteiger partial charge in [-0.25, -0.2) is 0 Å². The number of esters is 2. The molecule has 0 spiro atoms. The van der Waals surface area contributed by atoms with Crippen molar-refractivity contribution in [3.8, 4) is 6.07 Å². The van der Waals surface area contributed by atoms with Crippen molar-refractivity contribution in [2.75, 3.05) is 13.7 Å². The van der Waals surface area contributed by atoms with Crippen LogP contribution in [0.5, 0.6) is 0 Å². The number of unbranched alkanes of at least 4 members (excludes halogenated alkanes) is 6. The zero-order valence-corrected chi connectivity index (χ0v) is 13.2. The smallest absolute Gasteiger partial charge is 0.323 e. The number of carbonyl (C=O) groups is 2. The highest BCUT2D eigenvalue weighted by atomic mass is 16.5. The second kappa shape index (κ2) is 13.4. The summed E-state index contributed by atoms with van der Waals surface area (Å²) < 4.78 is 9.42. The van der Waals surface area contributed by atoms with Crippen LogP contribution >= 0.6 is 0 Å². The quantitative estimate of drug-likeness (QED) is 0.408. The minimum atomic E-state index is -0.620. The number of carbonyl (C=O) groups excluding carboxylic acids is 2. The van der Waals surface area contributed by atoms with Crippen molar-refractivity contribution in [1.82, 2.24) is 0 Å². The van der Waals surface area contributed by atoms with Crippen LogP contribution in [0.4, 0.5) is 0 Å². The normalized spacial score (nSPS) is 11.5. The maximum Gasteiger partial charge on any atom is 0.323 e. The first-order chi connectivity index (χ1) is 10.2. The summed E-state index contributed by atoms with van der Waals surface area (Å²) in [5.74, 6) is -1.16. The third-order valence-corrected chi connectivity index (χ3v) is 3.33. The van der Waals surface area contributed by atoms with Gasteiger partial charge < -0.3 is 9.47 Å². The van der Waals surface area contributed by atoms with Gasteiger partial charge in [-0.05, 0) is 19.8 Å². The molecule has 0 saturated heterocycles. The summed E-state index contributed by atoms with van der Waals surface area (Å²) in [4.78, 5) is 22.3. The van der Waals surface area contributed by atoms with Crippen molar-refractivity contribution >= 4 is 11.9 Å². The fraction of sp³-hybridized carbons (Fsp3) is 0.812. The van der Waals surface area contributed by atoms with E-state index in [-0.39, 0.29) is 5.97 Å². The second-order valence-electron chi connectivity index (χ2n) is 5.02. The Morgan fingerprint density at radius 3 is 2.14 bits per heavy atom. The van der Waals surface area contributed by atoms with Crippen LogP contribution in [0.1, 0.15) is 64.7 Å². The van der Waals surface area contributed by atoms with Crippen molar-refractivity contribution in [3.05, 3.63) is 0 Å². The monoisotopic (exact) mass is 297 g/mol. The largest absolute Gasteiger partial charge is 0.469 e. The lowest BCUT2D eigenvalue weighted by molar-refractivity contribution is -0.146. The molecule has 1 unspecified atom stereocenters. The van der Waals surface area contributed by atoms with E-state index in [9.17, 15) is 9.59 Å². The zero-order valence-electron chi connectivity index (χ0n) is 13.2. The first kappa shape index (κ1) is 19.4. The van der Waals surface area contributed by atoms with E-state index in [1.165, 1.54) is 7.11 Å². The highest BCUT2D eigenvalue weighted by Crippen LogP contribution is 2.14. The van der Waals surface area contributed by atoms with Crippen molar-refractivity contribution in [1.29, 1.82) is 5.26 Å². The molecule has 0 aromatic carbocycles. The summed E-state index contributed by atoms with van der Waals surface area (Å²) in [6.45, 7) is 2.06. The maximum absolute atomic E-state index is 11.4. The molecule has 21 heavy (non-hydrogen) atoms.